The first-order valence-corrected chi connectivity index (χ1v) is 9.09. The van der Waals surface area contributed by atoms with E-state index in [1.807, 2.05) is 24.3 Å². The van der Waals surface area contributed by atoms with Crippen LogP contribution in [0.25, 0.3) is 11.5 Å². The number of carbonyl (C=O) groups is 2. The fraction of sp³-hybridized carbons (Fsp3) is 0.0588. The van der Waals surface area contributed by atoms with Gasteiger partial charge in [0, 0.05) is 4.47 Å². The van der Waals surface area contributed by atoms with Crippen LogP contribution in [0.4, 0.5) is 0 Å². The molecule has 2 aromatic carbocycles. The molecule has 1 aliphatic heterocycles. The molecule has 0 saturated carbocycles. The maximum atomic E-state index is 12.3. The van der Waals surface area contributed by atoms with Crippen LogP contribution in [0.15, 0.2) is 62.6 Å². The number of rotatable bonds is 4. The second-order valence-electron chi connectivity index (χ2n) is 5.21. The first-order valence-electron chi connectivity index (χ1n) is 7.31. The number of imide groups is 1. The summed E-state index contributed by atoms with van der Waals surface area (Å²) in [6.07, 6.45) is 0. The Balaban J connectivity index is 1.49. The van der Waals surface area contributed by atoms with Crippen molar-refractivity contribution >= 4 is 39.5 Å². The van der Waals surface area contributed by atoms with Gasteiger partial charge in [-0.25, -0.2) is 0 Å². The predicted molar refractivity (Wildman–Crippen MR) is 95.1 cm³/mol. The predicted octanol–water partition coefficient (Wildman–Crippen LogP) is 3.84. The first-order chi connectivity index (χ1) is 12.1. The Morgan fingerprint density at radius 2 is 1.52 bits per heavy atom. The summed E-state index contributed by atoms with van der Waals surface area (Å²) in [4.78, 5) is 25.8. The molecule has 25 heavy (non-hydrogen) atoms. The lowest BCUT2D eigenvalue weighted by atomic mass is 10.1. The molecule has 0 spiro atoms. The average Bonchev–Trinajstić information content (AvgIpc) is 3.19. The molecule has 0 saturated heterocycles. The Morgan fingerprint density at radius 3 is 2.16 bits per heavy atom. The van der Waals surface area contributed by atoms with Crippen LogP contribution >= 0.6 is 27.7 Å². The third-order valence-electron chi connectivity index (χ3n) is 3.71. The van der Waals surface area contributed by atoms with Gasteiger partial charge >= 0.3 is 0 Å². The van der Waals surface area contributed by atoms with E-state index in [1.165, 1.54) is 4.90 Å². The second kappa shape index (κ2) is 6.45. The van der Waals surface area contributed by atoms with Gasteiger partial charge in [-0.2, -0.15) is 0 Å². The highest BCUT2D eigenvalue weighted by Gasteiger charge is 2.35. The van der Waals surface area contributed by atoms with Crippen LogP contribution in [0, 0.1) is 0 Å². The van der Waals surface area contributed by atoms with Gasteiger partial charge in [0.25, 0.3) is 17.0 Å². The molecule has 4 rings (SSSR count). The number of nitrogens with zero attached hydrogens (tertiary/aromatic N) is 3. The number of benzene rings is 2. The van der Waals surface area contributed by atoms with Crippen molar-refractivity contribution in [1.82, 2.24) is 15.1 Å². The Labute approximate surface area is 155 Å². The number of thioether (sulfide) groups is 1. The van der Waals surface area contributed by atoms with Crippen molar-refractivity contribution < 1.29 is 14.0 Å². The molecule has 0 bridgehead atoms. The highest BCUT2D eigenvalue weighted by atomic mass is 79.9. The summed E-state index contributed by atoms with van der Waals surface area (Å²) >= 11 is 4.58. The second-order valence-corrected chi connectivity index (χ2v) is 6.96. The van der Waals surface area contributed by atoms with E-state index in [-0.39, 0.29) is 17.7 Å². The van der Waals surface area contributed by atoms with Crippen LogP contribution in [-0.4, -0.2) is 32.8 Å². The number of aromatic nitrogens is 2. The van der Waals surface area contributed by atoms with Crippen molar-refractivity contribution in [2.45, 2.75) is 5.22 Å². The van der Waals surface area contributed by atoms with E-state index in [1.54, 1.807) is 24.3 Å². The maximum Gasteiger partial charge on any atom is 0.278 e. The van der Waals surface area contributed by atoms with Crippen LogP contribution in [0.2, 0.25) is 0 Å². The van der Waals surface area contributed by atoms with Gasteiger partial charge in [0.1, 0.15) is 0 Å². The van der Waals surface area contributed by atoms with E-state index < -0.39 is 0 Å². The van der Waals surface area contributed by atoms with E-state index in [9.17, 15) is 9.59 Å². The SMILES string of the molecule is O=C1c2ccccc2C(=O)N1CSc1nnc(-c2ccccc2Br)o1. The monoisotopic (exact) mass is 415 g/mol. The number of amides is 2. The van der Waals surface area contributed by atoms with Gasteiger partial charge in [0.2, 0.25) is 5.89 Å². The zero-order valence-electron chi connectivity index (χ0n) is 12.7. The molecule has 3 aromatic rings. The van der Waals surface area contributed by atoms with Crippen molar-refractivity contribution in [1.29, 1.82) is 0 Å². The summed E-state index contributed by atoms with van der Waals surface area (Å²) in [7, 11) is 0. The van der Waals surface area contributed by atoms with Crippen molar-refractivity contribution in [2.75, 3.05) is 5.88 Å². The first kappa shape index (κ1) is 16.0. The average molecular weight is 416 g/mol. The third kappa shape index (κ3) is 2.87. The van der Waals surface area contributed by atoms with Gasteiger partial charge in [-0.05, 0) is 52.0 Å². The molecule has 0 N–H and O–H groups in total. The van der Waals surface area contributed by atoms with Gasteiger partial charge in [-0.1, -0.05) is 24.3 Å². The van der Waals surface area contributed by atoms with Crippen LogP contribution in [-0.2, 0) is 0 Å². The van der Waals surface area contributed by atoms with Gasteiger partial charge < -0.3 is 4.42 Å². The fourth-order valence-electron chi connectivity index (χ4n) is 2.49. The Morgan fingerprint density at radius 1 is 0.920 bits per heavy atom. The summed E-state index contributed by atoms with van der Waals surface area (Å²) in [5.74, 6) is -0.126. The van der Waals surface area contributed by atoms with Crippen molar-refractivity contribution in [3.05, 3.63) is 64.1 Å². The molecule has 2 heterocycles. The molecule has 1 aliphatic rings. The third-order valence-corrected chi connectivity index (χ3v) is 5.20. The van der Waals surface area contributed by atoms with Gasteiger partial charge in [-0.3, -0.25) is 14.5 Å². The number of hydrogen-bond acceptors (Lipinski definition) is 6. The van der Waals surface area contributed by atoms with Crippen LogP contribution in [0.5, 0.6) is 0 Å². The topological polar surface area (TPSA) is 76.3 Å². The summed E-state index contributed by atoms with van der Waals surface area (Å²) in [5, 5.41) is 8.28. The summed E-state index contributed by atoms with van der Waals surface area (Å²) in [6, 6.07) is 14.3. The lowest BCUT2D eigenvalue weighted by Gasteiger charge is -2.11. The zero-order chi connectivity index (χ0) is 17.4. The molecule has 6 nitrogen and oxygen atoms in total. The standard InChI is InChI=1S/C17H10BrN3O3S/c18-13-8-4-3-7-12(13)14-19-20-17(24-14)25-9-21-15(22)10-5-1-2-6-11(10)16(21)23/h1-8H,9H2. The summed E-state index contributed by atoms with van der Waals surface area (Å²) < 4.78 is 6.46. The molecule has 0 aliphatic carbocycles. The van der Waals surface area contributed by atoms with E-state index >= 15 is 0 Å². The van der Waals surface area contributed by atoms with E-state index in [0.29, 0.717) is 22.2 Å². The van der Waals surface area contributed by atoms with Gasteiger partial charge in [-0.15, -0.1) is 10.2 Å². The molecule has 2 amide bonds. The van der Waals surface area contributed by atoms with Crippen LogP contribution in [0.1, 0.15) is 20.7 Å². The summed E-state index contributed by atoms with van der Waals surface area (Å²) in [5.41, 5.74) is 1.63. The van der Waals surface area contributed by atoms with Gasteiger partial charge in [0.05, 0.1) is 22.6 Å². The lowest BCUT2D eigenvalue weighted by molar-refractivity contribution is 0.0684. The molecule has 124 valence electrons. The largest absolute Gasteiger partial charge is 0.411 e. The lowest BCUT2D eigenvalue weighted by Crippen LogP contribution is -2.29. The molecular formula is C17H10BrN3O3S. The van der Waals surface area contributed by atoms with Crippen molar-refractivity contribution in [2.24, 2.45) is 0 Å². The highest BCUT2D eigenvalue weighted by molar-refractivity contribution is 9.10. The van der Waals surface area contributed by atoms with Crippen LogP contribution in [0.3, 0.4) is 0 Å². The minimum atomic E-state index is -0.307. The summed E-state index contributed by atoms with van der Waals surface area (Å²) in [6.45, 7) is 0. The quantitative estimate of drug-likeness (QED) is 0.475. The number of hydrogen-bond donors (Lipinski definition) is 0. The van der Waals surface area contributed by atoms with E-state index in [2.05, 4.69) is 26.1 Å². The molecule has 0 atom stereocenters. The number of fused-ring (bicyclic) bond motifs is 1. The zero-order valence-corrected chi connectivity index (χ0v) is 15.1. The van der Waals surface area contributed by atoms with E-state index in [0.717, 1.165) is 21.8 Å². The van der Waals surface area contributed by atoms with Crippen molar-refractivity contribution in [3.8, 4) is 11.5 Å². The van der Waals surface area contributed by atoms with E-state index in [4.69, 9.17) is 4.42 Å². The smallest absolute Gasteiger partial charge is 0.278 e. The normalized spacial score (nSPS) is 13.4. The molecule has 0 fully saturated rings. The molecular weight excluding hydrogens is 406 g/mol. The fourth-order valence-corrected chi connectivity index (χ4v) is 3.65. The highest BCUT2D eigenvalue weighted by Crippen LogP contribution is 2.30. The number of carbonyl (C=O) groups excluding carboxylic acids is 2. The maximum absolute atomic E-state index is 12.3. The minimum Gasteiger partial charge on any atom is -0.411 e. The Hall–Kier alpha value is -2.45. The molecule has 0 radical (unpaired) electrons. The van der Waals surface area contributed by atoms with Gasteiger partial charge in [0.15, 0.2) is 0 Å². The molecule has 0 unspecified atom stereocenters. The molecule has 8 heteroatoms. The molecule has 1 aromatic heterocycles. The Kier molecular flexibility index (Phi) is 4.14. The van der Waals surface area contributed by atoms with Crippen LogP contribution < -0.4 is 0 Å². The minimum absolute atomic E-state index is 0.115. The van der Waals surface area contributed by atoms with Crippen molar-refractivity contribution in [3.63, 3.8) is 0 Å². The Bertz CT molecular complexity index is 954. The number of halogens is 1.